The molecule has 1 aromatic heterocycles. The van der Waals surface area contributed by atoms with E-state index >= 15 is 0 Å². The minimum Gasteiger partial charge on any atom is -0.381 e. The van der Waals surface area contributed by atoms with Gasteiger partial charge in [0, 0.05) is 52.7 Å². The van der Waals surface area contributed by atoms with E-state index in [1.54, 1.807) is 18.4 Å². The van der Waals surface area contributed by atoms with Crippen LogP contribution in [0.15, 0.2) is 4.52 Å². The molecule has 2 saturated heterocycles. The van der Waals surface area contributed by atoms with Crippen molar-refractivity contribution in [1.29, 1.82) is 0 Å². The van der Waals surface area contributed by atoms with Gasteiger partial charge >= 0.3 is 0 Å². The summed E-state index contributed by atoms with van der Waals surface area (Å²) in [5.41, 5.74) is 0. The summed E-state index contributed by atoms with van der Waals surface area (Å²) >= 11 is 0. The van der Waals surface area contributed by atoms with Crippen molar-refractivity contribution in [2.24, 2.45) is 5.92 Å². The number of aryl methyl sites for hydroxylation is 1. The second-order valence-corrected chi connectivity index (χ2v) is 9.25. The van der Waals surface area contributed by atoms with Gasteiger partial charge in [-0.2, -0.15) is 22.0 Å². The maximum absolute atomic E-state index is 12.1. The molecule has 142 valence electrons. The Morgan fingerprint density at radius 2 is 1.84 bits per heavy atom. The molecular weight excluding hydrogens is 344 g/mol. The van der Waals surface area contributed by atoms with Crippen LogP contribution >= 0.6 is 0 Å². The van der Waals surface area contributed by atoms with Crippen LogP contribution in [-0.2, 0) is 21.4 Å². The van der Waals surface area contributed by atoms with Crippen molar-refractivity contribution < 1.29 is 17.7 Å². The predicted octanol–water partition coefficient (Wildman–Crippen LogP) is 1.41. The van der Waals surface area contributed by atoms with Gasteiger partial charge in [0.1, 0.15) is 0 Å². The van der Waals surface area contributed by atoms with Crippen LogP contribution in [0.1, 0.15) is 49.7 Å². The average molecular weight is 372 g/mol. The summed E-state index contributed by atoms with van der Waals surface area (Å²) in [5.74, 6) is 2.35. The highest BCUT2D eigenvalue weighted by atomic mass is 32.2. The average Bonchev–Trinajstić information content (AvgIpc) is 3.10. The standard InChI is InChI=1S/C16H28N4O4S/c1-19(2)25(21,22)20-9-5-13(6-10-20)3-4-15-17-16(24-18-15)14-7-11-23-12-8-14/h13-14H,3-12H2,1-2H3. The van der Waals surface area contributed by atoms with Gasteiger partial charge in [-0.3, -0.25) is 0 Å². The van der Waals surface area contributed by atoms with E-state index in [0.717, 1.165) is 63.5 Å². The molecule has 9 heteroatoms. The third-order valence-corrected chi connectivity index (χ3v) is 7.13. The summed E-state index contributed by atoms with van der Waals surface area (Å²) < 4.78 is 37.9. The summed E-state index contributed by atoms with van der Waals surface area (Å²) in [7, 11) is -0.129. The Kier molecular flexibility index (Phi) is 6.08. The molecule has 0 bridgehead atoms. The molecule has 0 aliphatic carbocycles. The highest BCUT2D eigenvalue weighted by Gasteiger charge is 2.29. The van der Waals surface area contributed by atoms with Gasteiger partial charge in [0.2, 0.25) is 5.89 Å². The normalized spacial score (nSPS) is 21.9. The van der Waals surface area contributed by atoms with Crippen LogP contribution in [0.2, 0.25) is 0 Å². The molecular formula is C16H28N4O4S. The van der Waals surface area contributed by atoms with Crippen molar-refractivity contribution in [1.82, 2.24) is 18.8 Å². The lowest BCUT2D eigenvalue weighted by Gasteiger charge is -2.32. The Bertz CT molecular complexity index is 647. The Hall–Kier alpha value is -1.03. The number of hydrogen-bond donors (Lipinski definition) is 0. The third-order valence-electron chi connectivity index (χ3n) is 5.19. The quantitative estimate of drug-likeness (QED) is 0.750. The first-order chi connectivity index (χ1) is 12.0. The van der Waals surface area contributed by atoms with Gasteiger partial charge in [0.15, 0.2) is 5.82 Å². The van der Waals surface area contributed by atoms with E-state index in [1.807, 2.05) is 0 Å². The van der Waals surface area contributed by atoms with E-state index in [2.05, 4.69) is 10.1 Å². The molecule has 3 rings (SSSR count). The van der Waals surface area contributed by atoms with Gasteiger partial charge in [-0.25, -0.2) is 0 Å². The van der Waals surface area contributed by atoms with Crippen LogP contribution in [0.25, 0.3) is 0 Å². The highest BCUT2D eigenvalue weighted by molar-refractivity contribution is 7.86. The lowest BCUT2D eigenvalue weighted by Crippen LogP contribution is -2.44. The molecule has 0 N–H and O–H groups in total. The van der Waals surface area contributed by atoms with Crippen LogP contribution in [0.5, 0.6) is 0 Å². The minimum atomic E-state index is -3.28. The monoisotopic (exact) mass is 372 g/mol. The highest BCUT2D eigenvalue weighted by Crippen LogP contribution is 2.27. The zero-order chi connectivity index (χ0) is 17.9. The topological polar surface area (TPSA) is 88.8 Å². The van der Waals surface area contributed by atoms with Gasteiger partial charge in [-0.05, 0) is 38.0 Å². The maximum Gasteiger partial charge on any atom is 0.281 e. The van der Waals surface area contributed by atoms with E-state index < -0.39 is 10.2 Å². The van der Waals surface area contributed by atoms with E-state index in [0.29, 0.717) is 24.9 Å². The molecule has 2 aliphatic rings. The largest absolute Gasteiger partial charge is 0.381 e. The van der Waals surface area contributed by atoms with Crippen LogP contribution in [0.3, 0.4) is 0 Å². The molecule has 25 heavy (non-hydrogen) atoms. The Balaban J connectivity index is 1.45. The number of hydrogen-bond acceptors (Lipinski definition) is 6. The number of rotatable bonds is 6. The fourth-order valence-corrected chi connectivity index (χ4v) is 4.61. The third kappa shape index (κ3) is 4.58. The van der Waals surface area contributed by atoms with Crippen LogP contribution in [-0.4, -0.2) is 67.6 Å². The molecule has 0 spiro atoms. The summed E-state index contributed by atoms with van der Waals surface area (Å²) in [6, 6.07) is 0. The lowest BCUT2D eigenvalue weighted by atomic mass is 9.93. The Morgan fingerprint density at radius 1 is 1.16 bits per heavy atom. The van der Waals surface area contributed by atoms with E-state index in [9.17, 15) is 8.42 Å². The fourth-order valence-electron chi connectivity index (χ4n) is 3.47. The molecule has 3 heterocycles. The van der Waals surface area contributed by atoms with Gasteiger partial charge < -0.3 is 9.26 Å². The number of aromatic nitrogens is 2. The van der Waals surface area contributed by atoms with Crippen LogP contribution in [0, 0.1) is 5.92 Å². The zero-order valence-electron chi connectivity index (χ0n) is 15.1. The van der Waals surface area contributed by atoms with Gasteiger partial charge in [0.25, 0.3) is 10.2 Å². The predicted molar refractivity (Wildman–Crippen MR) is 92.3 cm³/mol. The molecule has 2 aliphatic heterocycles. The van der Waals surface area contributed by atoms with E-state index in [1.165, 1.54) is 4.31 Å². The van der Waals surface area contributed by atoms with Crippen LogP contribution < -0.4 is 0 Å². The first-order valence-electron chi connectivity index (χ1n) is 9.04. The molecule has 2 fully saturated rings. The molecule has 0 atom stereocenters. The summed E-state index contributed by atoms with van der Waals surface area (Å²) in [4.78, 5) is 4.55. The Labute approximate surface area is 149 Å². The molecule has 0 aromatic carbocycles. The van der Waals surface area contributed by atoms with Crippen molar-refractivity contribution in [3.63, 3.8) is 0 Å². The first kappa shape index (κ1) is 18.8. The number of ether oxygens (including phenoxy) is 1. The van der Waals surface area contributed by atoms with Gasteiger partial charge in [0.05, 0.1) is 0 Å². The Morgan fingerprint density at radius 3 is 2.48 bits per heavy atom. The summed E-state index contributed by atoms with van der Waals surface area (Å²) in [6.07, 6.45) is 5.43. The van der Waals surface area contributed by atoms with E-state index in [-0.39, 0.29) is 0 Å². The van der Waals surface area contributed by atoms with Crippen LogP contribution in [0.4, 0.5) is 0 Å². The van der Waals surface area contributed by atoms with Crippen molar-refractivity contribution in [2.45, 2.75) is 44.4 Å². The SMILES string of the molecule is CN(C)S(=O)(=O)N1CCC(CCc2noc(C3CCOCC3)n2)CC1. The van der Waals surface area contributed by atoms with Gasteiger partial charge in [-0.1, -0.05) is 5.16 Å². The zero-order valence-corrected chi connectivity index (χ0v) is 15.9. The van der Waals surface area contributed by atoms with Crippen molar-refractivity contribution in [3.05, 3.63) is 11.7 Å². The smallest absolute Gasteiger partial charge is 0.281 e. The van der Waals surface area contributed by atoms with Crippen molar-refractivity contribution >= 4 is 10.2 Å². The van der Waals surface area contributed by atoms with Gasteiger partial charge in [-0.15, -0.1) is 0 Å². The fraction of sp³-hybridized carbons (Fsp3) is 0.875. The summed E-state index contributed by atoms with van der Waals surface area (Å²) in [6.45, 7) is 2.70. The summed E-state index contributed by atoms with van der Waals surface area (Å²) in [5, 5.41) is 4.11. The molecule has 0 amide bonds. The van der Waals surface area contributed by atoms with E-state index in [4.69, 9.17) is 9.26 Å². The molecule has 0 radical (unpaired) electrons. The molecule has 1 aromatic rings. The van der Waals surface area contributed by atoms with Crippen molar-refractivity contribution in [2.75, 3.05) is 40.4 Å². The molecule has 8 nitrogen and oxygen atoms in total. The molecule has 0 saturated carbocycles. The first-order valence-corrected chi connectivity index (χ1v) is 10.4. The number of nitrogens with zero attached hydrogens (tertiary/aromatic N) is 4. The maximum atomic E-state index is 12.1. The number of piperidine rings is 1. The second kappa shape index (κ2) is 8.11. The molecule has 0 unspecified atom stereocenters. The second-order valence-electron chi connectivity index (χ2n) is 7.11. The minimum absolute atomic E-state index is 0.328. The lowest BCUT2D eigenvalue weighted by molar-refractivity contribution is 0.0778. The van der Waals surface area contributed by atoms with Crippen molar-refractivity contribution in [3.8, 4) is 0 Å².